The monoisotopic (exact) mass is 326 g/mol. The molecule has 1 N–H and O–H groups in total. The van der Waals surface area contributed by atoms with Crippen molar-refractivity contribution in [2.45, 2.75) is 25.4 Å². The number of benzene rings is 2. The van der Waals surface area contributed by atoms with Gasteiger partial charge in [-0.2, -0.15) is 0 Å². The molecule has 4 rings (SSSR count). The van der Waals surface area contributed by atoms with Gasteiger partial charge in [-0.15, -0.1) is 0 Å². The predicted molar refractivity (Wildman–Crippen MR) is 87.9 cm³/mol. The molecule has 124 valence electrons. The Morgan fingerprint density at radius 1 is 1.08 bits per heavy atom. The van der Waals surface area contributed by atoms with Crippen LogP contribution in [0, 0.1) is 0 Å². The van der Waals surface area contributed by atoms with Crippen LogP contribution < -0.4 is 14.2 Å². The molecule has 0 bridgehead atoms. The molecule has 0 unspecified atom stereocenters. The first-order valence-corrected chi connectivity index (χ1v) is 8.10. The van der Waals surface area contributed by atoms with Crippen LogP contribution in [0.2, 0.25) is 0 Å². The Bertz CT molecular complexity index is 762. The Hall–Kier alpha value is -2.69. The van der Waals surface area contributed by atoms with Gasteiger partial charge >= 0.3 is 5.97 Å². The van der Waals surface area contributed by atoms with E-state index in [4.69, 9.17) is 14.2 Å². The van der Waals surface area contributed by atoms with E-state index in [1.54, 1.807) is 6.07 Å². The smallest absolute Gasteiger partial charge is 0.307 e. The zero-order valence-corrected chi connectivity index (χ0v) is 13.2. The molecule has 1 fully saturated rings. The van der Waals surface area contributed by atoms with Gasteiger partial charge in [0, 0.05) is 0 Å². The van der Waals surface area contributed by atoms with Crippen molar-refractivity contribution in [1.82, 2.24) is 0 Å². The molecule has 0 radical (unpaired) electrons. The first-order chi connectivity index (χ1) is 11.7. The van der Waals surface area contributed by atoms with Crippen molar-refractivity contribution in [3.05, 3.63) is 42.0 Å². The third kappa shape index (κ3) is 3.15. The summed E-state index contributed by atoms with van der Waals surface area (Å²) in [5, 5.41) is 9.20. The fourth-order valence-corrected chi connectivity index (χ4v) is 2.80. The van der Waals surface area contributed by atoms with E-state index in [2.05, 4.69) is 0 Å². The summed E-state index contributed by atoms with van der Waals surface area (Å²) in [5.74, 6) is 1.24. The third-order valence-corrected chi connectivity index (χ3v) is 4.10. The van der Waals surface area contributed by atoms with Crippen molar-refractivity contribution in [3.63, 3.8) is 0 Å². The van der Waals surface area contributed by atoms with Crippen LogP contribution in [0.1, 0.15) is 18.4 Å². The summed E-state index contributed by atoms with van der Waals surface area (Å²) in [6, 6.07) is 11.4. The van der Waals surface area contributed by atoms with Crippen LogP contribution in [0.25, 0.3) is 11.1 Å². The van der Waals surface area contributed by atoms with E-state index in [9.17, 15) is 9.90 Å². The Kier molecular flexibility index (Phi) is 3.76. The van der Waals surface area contributed by atoms with Crippen molar-refractivity contribution in [2.75, 3.05) is 13.2 Å². The van der Waals surface area contributed by atoms with Crippen LogP contribution in [-0.4, -0.2) is 30.4 Å². The van der Waals surface area contributed by atoms with Crippen LogP contribution in [-0.2, 0) is 11.2 Å². The minimum absolute atomic E-state index is 0.0632. The van der Waals surface area contributed by atoms with Gasteiger partial charge in [-0.1, -0.05) is 12.1 Å². The maximum Gasteiger partial charge on any atom is 0.307 e. The van der Waals surface area contributed by atoms with Crippen molar-refractivity contribution in [3.8, 4) is 28.4 Å². The van der Waals surface area contributed by atoms with E-state index >= 15 is 0 Å². The molecule has 1 aliphatic heterocycles. The van der Waals surface area contributed by atoms with E-state index < -0.39 is 5.97 Å². The summed E-state index contributed by atoms with van der Waals surface area (Å²) < 4.78 is 17.0. The van der Waals surface area contributed by atoms with Crippen LogP contribution >= 0.6 is 0 Å². The SMILES string of the molecule is O=C(O)Cc1cc2c(cc1-c1ccc(OC3CC3)cc1)OCCO2. The minimum atomic E-state index is -0.874. The second-order valence-electron chi connectivity index (χ2n) is 6.07. The minimum Gasteiger partial charge on any atom is -0.490 e. The summed E-state index contributed by atoms with van der Waals surface area (Å²) >= 11 is 0. The Morgan fingerprint density at radius 2 is 1.75 bits per heavy atom. The molecule has 2 aliphatic rings. The Morgan fingerprint density at radius 3 is 2.38 bits per heavy atom. The molecule has 0 aromatic heterocycles. The van der Waals surface area contributed by atoms with Gasteiger partial charge in [0.1, 0.15) is 19.0 Å². The van der Waals surface area contributed by atoms with Gasteiger partial charge < -0.3 is 19.3 Å². The molecular weight excluding hydrogens is 308 g/mol. The fraction of sp³-hybridized carbons (Fsp3) is 0.316. The van der Waals surface area contributed by atoms with E-state index in [1.165, 1.54) is 0 Å². The molecule has 0 saturated heterocycles. The number of carbonyl (C=O) groups is 1. The van der Waals surface area contributed by atoms with Crippen molar-refractivity contribution in [1.29, 1.82) is 0 Å². The van der Waals surface area contributed by atoms with E-state index in [1.807, 2.05) is 30.3 Å². The van der Waals surface area contributed by atoms with Crippen LogP contribution in [0.5, 0.6) is 17.2 Å². The number of rotatable bonds is 5. The Labute approximate surface area is 139 Å². The van der Waals surface area contributed by atoms with Gasteiger partial charge in [0.05, 0.1) is 12.5 Å². The first kappa shape index (κ1) is 14.9. The highest BCUT2D eigenvalue weighted by Gasteiger charge is 2.23. The number of hydrogen-bond donors (Lipinski definition) is 1. The van der Waals surface area contributed by atoms with Crippen molar-refractivity contribution >= 4 is 5.97 Å². The lowest BCUT2D eigenvalue weighted by Gasteiger charge is -2.21. The van der Waals surface area contributed by atoms with Gasteiger partial charge in [-0.05, 0) is 53.8 Å². The van der Waals surface area contributed by atoms with Gasteiger partial charge in [0.2, 0.25) is 0 Å². The average molecular weight is 326 g/mol. The highest BCUT2D eigenvalue weighted by Crippen LogP contribution is 2.38. The number of hydrogen-bond acceptors (Lipinski definition) is 4. The molecule has 2 aromatic carbocycles. The highest BCUT2D eigenvalue weighted by atomic mass is 16.6. The average Bonchev–Trinajstić information content (AvgIpc) is 3.38. The molecule has 5 heteroatoms. The van der Waals surface area contributed by atoms with E-state index in [0.29, 0.717) is 36.4 Å². The summed E-state index contributed by atoms with van der Waals surface area (Å²) in [4.78, 5) is 11.2. The van der Waals surface area contributed by atoms with E-state index in [-0.39, 0.29) is 6.42 Å². The molecule has 2 aromatic rings. The summed E-state index contributed by atoms with van der Waals surface area (Å²) in [5.41, 5.74) is 2.49. The summed E-state index contributed by atoms with van der Waals surface area (Å²) in [6.07, 6.45) is 2.53. The Balaban J connectivity index is 1.69. The van der Waals surface area contributed by atoms with Crippen LogP contribution in [0.3, 0.4) is 0 Å². The molecule has 0 atom stereocenters. The first-order valence-electron chi connectivity index (χ1n) is 8.10. The summed E-state index contributed by atoms with van der Waals surface area (Å²) in [7, 11) is 0. The zero-order chi connectivity index (χ0) is 16.5. The van der Waals surface area contributed by atoms with Gasteiger partial charge in [0.25, 0.3) is 0 Å². The topological polar surface area (TPSA) is 65.0 Å². The van der Waals surface area contributed by atoms with Crippen LogP contribution in [0.15, 0.2) is 36.4 Å². The number of fused-ring (bicyclic) bond motifs is 1. The van der Waals surface area contributed by atoms with Crippen molar-refractivity contribution in [2.24, 2.45) is 0 Å². The van der Waals surface area contributed by atoms with Crippen LogP contribution in [0.4, 0.5) is 0 Å². The second kappa shape index (κ2) is 6.07. The number of carboxylic acid groups (broad SMARTS) is 1. The number of aliphatic carboxylic acids is 1. The normalized spacial score (nSPS) is 15.8. The van der Waals surface area contributed by atoms with Gasteiger partial charge in [-0.3, -0.25) is 4.79 Å². The molecule has 0 spiro atoms. The lowest BCUT2D eigenvalue weighted by Crippen LogP contribution is -2.16. The maximum absolute atomic E-state index is 11.2. The molecule has 1 heterocycles. The molecule has 24 heavy (non-hydrogen) atoms. The largest absolute Gasteiger partial charge is 0.490 e. The molecule has 1 aliphatic carbocycles. The predicted octanol–water partition coefficient (Wildman–Crippen LogP) is 3.29. The molecular formula is C19H18O5. The molecule has 1 saturated carbocycles. The van der Waals surface area contributed by atoms with E-state index in [0.717, 1.165) is 29.7 Å². The third-order valence-electron chi connectivity index (χ3n) is 4.10. The fourth-order valence-electron chi connectivity index (χ4n) is 2.80. The van der Waals surface area contributed by atoms with Crippen molar-refractivity contribution < 1.29 is 24.1 Å². The number of carboxylic acids is 1. The standard InChI is InChI=1S/C19H18O5/c20-19(21)10-13-9-17-18(23-8-7-22-17)11-16(13)12-1-3-14(4-2-12)24-15-5-6-15/h1-4,9,11,15H,5-8,10H2,(H,20,21). The molecule has 0 amide bonds. The van der Waals surface area contributed by atoms with Gasteiger partial charge in [-0.25, -0.2) is 0 Å². The van der Waals surface area contributed by atoms with Gasteiger partial charge in [0.15, 0.2) is 11.5 Å². The maximum atomic E-state index is 11.2. The quantitative estimate of drug-likeness (QED) is 0.913. The lowest BCUT2D eigenvalue weighted by molar-refractivity contribution is -0.136. The highest BCUT2D eigenvalue weighted by molar-refractivity contribution is 5.79. The lowest BCUT2D eigenvalue weighted by atomic mass is 9.96. The zero-order valence-electron chi connectivity index (χ0n) is 13.2. The number of ether oxygens (including phenoxy) is 3. The summed E-state index contributed by atoms with van der Waals surface area (Å²) in [6.45, 7) is 0.977. The second-order valence-corrected chi connectivity index (χ2v) is 6.07. The molecule has 5 nitrogen and oxygen atoms in total.